The second-order valence-corrected chi connectivity index (χ2v) is 12.4. The Morgan fingerprint density at radius 2 is 1.83 bits per heavy atom. The highest BCUT2D eigenvalue weighted by Crippen LogP contribution is 2.34. The second kappa shape index (κ2) is 10.4. The minimum atomic E-state index is -3.53. The van der Waals surface area contributed by atoms with Gasteiger partial charge in [-0.3, -0.25) is 4.79 Å². The largest absolute Gasteiger partial charge is 0.492 e. The number of para-hydroxylation sites is 1. The zero-order valence-electron chi connectivity index (χ0n) is 20.7. The normalized spacial score (nSPS) is 19.6. The number of carbonyl (C=O) groups excluding carboxylic acids is 1. The van der Waals surface area contributed by atoms with Crippen molar-refractivity contribution < 1.29 is 17.9 Å². The van der Waals surface area contributed by atoms with Crippen LogP contribution in [0, 0.1) is 5.92 Å². The molecule has 1 unspecified atom stereocenters. The van der Waals surface area contributed by atoms with Crippen LogP contribution < -0.4 is 9.64 Å². The number of nitrogens with zero attached hydrogens (tertiary/aromatic N) is 4. The van der Waals surface area contributed by atoms with Gasteiger partial charge in [0, 0.05) is 44.8 Å². The van der Waals surface area contributed by atoms with Crippen LogP contribution in [-0.2, 0) is 10.0 Å². The van der Waals surface area contributed by atoms with Crippen LogP contribution in [0.25, 0.3) is 10.2 Å². The van der Waals surface area contributed by atoms with Crippen molar-refractivity contribution in [3.05, 3.63) is 48.0 Å². The summed E-state index contributed by atoms with van der Waals surface area (Å²) in [4.78, 5) is 22.2. The Morgan fingerprint density at radius 3 is 2.53 bits per heavy atom. The molecule has 10 heteroatoms. The van der Waals surface area contributed by atoms with E-state index in [2.05, 4.69) is 17.9 Å². The third-order valence-electron chi connectivity index (χ3n) is 6.87. The molecule has 0 bridgehead atoms. The molecule has 1 amide bonds. The van der Waals surface area contributed by atoms with Crippen molar-refractivity contribution in [1.82, 2.24) is 14.2 Å². The lowest BCUT2D eigenvalue weighted by Gasteiger charge is -2.34. The summed E-state index contributed by atoms with van der Waals surface area (Å²) in [6.45, 7) is 8.29. The fourth-order valence-electron chi connectivity index (χ4n) is 4.89. The Bertz CT molecular complexity index is 1330. The smallest absolute Gasteiger partial charge is 0.253 e. The number of amides is 1. The van der Waals surface area contributed by atoms with Gasteiger partial charge in [0.1, 0.15) is 11.3 Å². The highest BCUT2D eigenvalue weighted by molar-refractivity contribution is 7.89. The SMILES string of the molecule is CCOc1cccc2sc(N3CCN(C(=O)c4ccc(S(=O)(=O)N5CCCC(C)C5)cc4)CC3)nc12. The first-order valence-electron chi connectivity index (χ1n) is 12.5. The summed E-state index contributed by atoms with van der Waals surface area (Å²) in [5, 5.41) is 0.936. The summed E-state index contributed by atoms with van der Waals surface area (Å²) in [6.07, 6.45) is 1.94. The quantitative estimate of drug-likeness (QED) is 0.480. The minimum absolute atomic E-state index is 0.0758. The molecule has 0 saturated carbocycles. The zero-order valence-corrected chi connectivity index (χ0v) is 22.4. The summed E-state index contributed by atoms with van der Waals surface area (Å²) < 4.78 is 34.4. The number of fused-ring (bicyclic) bond motifs is 1. The maximum atomic E-state index is 13.1. The lowest BCUT2D eigenvalue weighted by atomic mass is 10.0. The van der Waals surface area contributed by atoms with Gasteiger partial charge in [0.05, 0.1) is 16.2 Å². The Morgan fingerprint density at radius 1 is 1.08 bits per heavy atom. The Balaban J connectivity index is 1.23. The van der Waals surface area contributed by atoms with Gasteiger partial charge in [-0.2, -0.15) is 4.31 Å². The van der Waals surface area contributed by atoms with Crippen LogP contribution in [0.5, 0.6) is 5.75 Å². The van der Waals surface area contributed by atoms with Crippen LogP contribution in [0.2, 0.25) is 0 Å². The number of sulfonamides is 1. The molecule has 0 aliphatic carbocycles. The molecule has 1 aromatic heterocycles. The molecule has 0 N–H and O–H groups in total. The van der Waals surface area contributed by atoms with Gasteiger partial charge in [0.2, 0.25) is 10.0 Å². The molecule has 192 valence electrons. The number of benzene rings is 2. The first kappa shape index (κ1) is 25.0. The van der Waals surface area contributed by atoms with E-state index in [1.807, 2.05) is 24.0 Å². The molecule has 2 saturated heterocycles. The number of hydrogen-bond acceptors (Lipinski definition) is 7. The maximum Gasteiger partial charge on any atom is 0.253 e. The van der Waals surface area contributed by atoms with E-state index < -0.39 is 10.0 Å². The number of rotatable bonds is 6. The first-order valence-corrected chi connectivity index (χ1v) is 14.8. The van der Waals surface area contributed by atoms with Crippen molar-refractivity contribution in [2.45, 2.75) is 31.6 Å². The molecule has 0 spiro atoms. The number of piperazine rings is 1. The number of thiazole rings is 1. The second-order valence-electron chi connectivity index (χ2n) is 9.45. The number of anilines is 1. The van der Waals surface area contributed by atoms with Crippen molar-refractivity contribution >= 4 is 42.6 Å². The van der Waals surface area contributed by atoms with Crippen LogP contribution in [0.3, 0.4) is 0 Å². The van der Waals surface area contributed by atoms with Crippen molar-refractivity contribution in [3.63, 3.8) is 0 Å². The molecule has 2 aliphatic rings. The molecule has 1 atom stereocenters. The van der Waals surface area contributed by atoms with Crippen LogP contribution in [0.1, 0.15) is 37.0 Å². The predicted octanol–water partition coefficient (Wildman–Crippen LogP) is 4.08. The van der Waals surface area contributed by atoms with Crippen LogP contribution >= 0.6 is 11.3 Å². The molecule has 2 aliphatic heterocycles. The van der Waals surface area contributed by atoms with Gasteiger partial charge in [0.25, 0.3) is 5.91 Å². The van der Waals surface area contributed by atoms with Gasteiger partial charge in [0.15, 0.2) is 5.13 Å². The zero-order chi connectivity index (χ0) is 25.3. The summed E-state index contributed by atoms with van der Waals surface area (Å²) >= 11 is 1.64. The summed E-state index contributed by atoms with van der Waals surface area (Å²) in [5.41, 5.74) is 1.39. The third kappa shape index (κ3) is 4.94. The van der Waals surface area contributed by atoms with Crippen molar-refractivity contribution in [2.75, 3.05) is 50.8 Å². The summed E-state index contributed by atoms with van der Waals surface area (Å²) in [7, 11) is -3.53. The van der Waals surface area contributed by atoms with Crippen LogP contribution in [0.4, 0.5) is 5.13 Å². The summed E-state index contributed by atoms with van der Waals surface area (Å²) in [5.74, 6) is 1.09. The number of carbonyl (C=O) groups is 1. The lowest BCUT2D eigenvalue weighted by Crippen LogP contribution is -2.48. The van der Waals surface area contributed by atoms with E-state index in [9.17, 15) is 13.2 Å². The Hall–Kier alpha value is -2.69. The monoisotopic (exact) mass is 528 g/mol. The minimum Gasteiger partial charge on any atom is -0.492 e. The first-order chi connectivity index (χ1) is 17.4. The molecular formula is C26H32N4O4S2. The Kier molecular flexibility index (Phi) is 7.18. The van der Waals surface area contributed by atoms with Crippen molar-refractivity contribution in [2.24, 2.45) is 5.92 Å². The van der Waals surface area contributed by atoms with E-state index in [4.69, 9.17) is 9.72 Å². The summed E-state index contributed by atoms with van der Waals surface area (Å²) in [6, 6.07) is 12.4. The van der Waals surface area contributed by atoms with E-state index in [0.717, 1.165) is 33.9 Å². The molecule has 36 heavy (non-hydrogen) atoms. The Labute approximate surface area is 216 Å². The van der Waals surface area contributed by atoms with Crippen LogP contribution in [-0.4, -0.2) is 74.4 Å². The third-order valence-corrected chi connectivity index (χ3v) is 9.83. The van der Waals surface area contributed by atoms with E-state index in [1.54, 1.807) is 39.9 Å². The van der Waals surface area contributed by atoms with Crippen LogP contribution in [0.15, 0.2) is 47.4 Å². The predicted molar refractivity (Wildman–Crippen MR) is 143 cm³/mol. The van der Waals surface area contributed by atoms with Crippen molar-refractivity contribution in [1.29, 1.82) is 0 Å². The van der Waals surface area contributed by atoms with E-state index in [-0.39, 0.29) is 10.8 Å². The van der Waals surface area contributed by atoms with Gasteiger partial charge >= 0.3 is 0 Å². The van der Waals surface area contributed by atoms with E-state index in [1.165, 1.54) is 0 Å². The molecule has 2 aromatic carbocycles. The molecule has 3 heterocycles. The molecule has 2 fully saturated rings. The standard InChI is InChI=1S/C26H32N4O4S2/c1-3-34-22-7-4-8-23-24(22)27-26(35-23)29-16-14-28(15-17-29)25(31)20-9-11-21(12-10-20)36(32,33)30-13-5-6-19(2)18-30/h4,7-12,19H,3,5-6,13-18H2,1-2H3. The van der Waals surface area contributed by atoms with Gasteiger partial charge in [-0.05, 0) is 62.1 Å². The number of aromatic nitrogens is 1. The molecular weight excluding hydrogens is 496 g/mol. The molecule has 3 aromatic rings. The van der Waals surface area contributed by atoms with Gasteiger partial charge in [-0.25, -0.2) is 13.4 Å². The number of piperidine rings is 1. The van der Waals surface area contributed by atoms with Gasteiger partial charge < -0.3 is 14.5 Å². The van der Waals surface area contributed by atoms with Gasteiger partial charge in [-0.1, -0.05) is 24.3 Å². The fraction of sp³-hybridized carbons (Fsp3) is 0.462. The fourth-order valence-corrected chi connectivity index (χ4v) is 7.52. The number of ether oxygens (including phenoxy) is 1. The van der Waals surface area contributed by atoms with Crippen molar-refractivity contribution in [3.8, 4) is 5.75 Å². The van der Waals surface area contributed by atoms with Gasteiger partial charge in [-0.15, -0.1) is 0 Å². The average molecular weight is 529 g/mol. The molecule has 0 radical (unpaired) electrons. The van der Waals surface area contributed by atoms with E-state index in [0.29, 0.717) is 57.4 Å². The molecule has 8 nitrogen and oxygen atoms in total. The molecule has 5 rings (SSSR count). The maximum absolute atomic E-state index is 13.1. The number of hydrogen-bond donors (Lipinski definition) is 0. The topological polar surface area (TPSA) is 83.0 Å². The lowest BCUT2D eigenvalue weighted by molar-refractivity contribution is 0.0746. The average Bonchev–Trinajstić information content (AvgIpc) is 3.34. The highest BCUT2D eigenvalue weighted by Gasteiger charge is 2.29. The highest BCUT2D eigenvalue weighted by atomic mass is 32.2. The van der Waals surface area contributed by atoms with E-state index >= 15 is 0 Å².